The minimum atomic E-state index is -0.0990. The SMILES string of the molecule is CCC1CCCCN1C(=O)C1CC1C(=O)N1CCCc2ccccc21. The zero-order valence-electron chi connectivity index (χ0n) is 15.1. The Bertz CT molecular complexity index is 672. The summed E-state index contributed by atoms with van der Waals surface area (Å²) in [5, 5.41) is 0. The molecule has 1 aromatic carbocycles. The minimum Gasteiger partial charge on any atom is -0.339 e. The third-order valence-corrected chi connectivity index (χ3v) is 6.18. The number of likely N-dealkylation sites (tertiary alicyclic amines) is 1. The van der Waals surface area contributed by atoms with Crippen LogP contribution in [0.15, 0.2) is 24.3 Å². The van der Waals surface area contributed by atoms with Crippen LogP contribution in [-0.4, -0.2) is 35.8 Å². The summed E-state index contributed by atoms with van der Waals surface area (Å²) in [5.41, 5.74) is 2.31. The van der Waals surface area contributed by atoms with Gasteiger partial charge in [-0.05, 0) is 56.6 Å². The van der Waals surface area contributed by atoms with Crippen molar-refractivity contribution in [1.82, 2.24) is 4.90 Å². The van der Waals surface area contributed by atoms with Crippen molar-refractivity contribution in [3.05, 3.63) is 29.8 Å². The normalized spacial score (nSPS) is 28.4. The Labute approximate surface area is 150 Å². The highest BCUT2D eigenvalue weighted by Gasteiger charge is 2.52. The summed E-state index contributed by atoms with van der Waals surface area (Å²) in [6.45, 7) is 3.83. The molecule has 25 heavy (non-hydrogen) atoms. The summed E-state index contributed by atoms with van der Waals surface area (Å²) in [5.74, 6) is 0.220. The second-order valence-electron chi connectivity index (χ2n) is 7.76. The Kier molecular flexibility index (Phi) is 4.53. The summed E-state index contributed by atoms with van der Waals surface area (Å²) >= 11 is 0. The third-order valence-electron chi connectivity index (χ3n) is 6.18. The van der Waals surface area contributed by atoms with E-state index in [-0.39, 0.29) is 23.7 Å². The van der Waals surface area contributed by atoms with Crippen molar-refractivity contribution in [2.24, 2.45) is 11.8 Å². The zero-order chi connectivity index (χ0) is 17.4. The number of piperidine rings is 1. The number of fused-ring (bicyclic) bond motifs is 1. The molecule has 134 valence electrons. The summed E-state index contributed by atoms with van der Waals surface area (Å²) in [6, 6.07) is 8.58. The molecular weight excluding hydrogens is 312 g/mol. The molecule has 3 unspecified atom stereocenters. The first-order valence-corrected chi connectivity index (χ1v) is 9.90. The van der Waals surface area contributed by atoms with Gasteiger partial charge in [0.2, 0.25) is 11.8 Å². The molecule has 1 aliphatic carbocycles. The molecule has 0 N–H and O–H groups in total. The van der Waals surface area contributed by atoms with Crippen molar-refractivity contribution in [2.75, 3.05) is 18.0 Å². The first-order chi connectivity index (χ1) is 12.2. The van der Waals surface area contributed by atoms with E-state index < -0.39 is 0 Å². The van der Waals surface area contributed by atoms with Crippen molar-refractivity contribution >= 4 is 17.5 Å². The predicted octanol–water partition coefficient (Wildman–Crippen LogP) is 3.39. The Morgan fingerprint density at radius 3 is 2.68 bits per heavy atom. The van der Waals surface area contributed by atoms with Gasteiger partial charge in [0, 0.05) is 24.8 Å². The summed E-state index contributed by atoms with van der Waals surface area (Å²) in [6.07, 6.45) is 7.26. The molecule has 0 bridgehead atoms. The van der Waals surface area contributed by atoms with Crippen LogP contribution in [0.4, 0.5) is 5.69 Å². The standard InChI is InChI=1S/C21H28N2O2/c1-2-16-10-5-6-12-22(16)20(24)17-14-18(17)21(25)23-13-7-9-15-8-3-4-11-19(15)23/h3-4,8,11,16-18H,2,5-7,9-10,12-14H2,1H3. The first kappa shape index (κ1) is 16.6. The van der Waals surface area contributed by atoms with Crippen molar-refractivity contribution in [2.45, 2.75) is 57.9 Å². The topological polar surface area (TPSA) is 40.6 Å². The molecule has 2 amide bonds. The van der Waals surface area contributed by atoms with Crippen LogP contribution in [0, 0.1) is 11.8 Å². The average molecular weight is 340 g/mol. The highest BCUT2D eigenvalue weighted by Crippen LogP contribution is 2.44. The maximum atomic E-state index is 13.0. The van der Waals surface area contributed by atoms with E-state index in [4.69, 9.17) is 0 Å². The first-order valence-electron chi connectivity index (χ1n) is 9.90. The molecule has 2 heterocycles. The van der Waals surface area contributed by atoms with Gasteiger partial charge in [-0.1, -0.05) is 25.1 Å². The van der Waals surface area contributed by atoms with Crippen molar-refractivity contribution in [1.29, 1.82) is 0 Å². The number of amides is 2. The fraction of sp³-hybridized carbons (Fsp3) is 0.619. The molecule has 1 saturated carbocycles. The number of anilines is 1. The molecule has 4 nitrogen and oxygen atoms in total. The van der Waals surface area contributed by atoms with E-state index in [1.54, 1.807) is 0 Å². The van der Waals surface area contributed by atoms with Crippen LogP contribution in [-0.2, 0) is 16.0 Å². The van der Waals surface area contributed by atoms with Crippen LogP contribution in [0.3, 0.4) is 0 Å². The monoisotopic (exact) mass is 340 g/mol. The van der Waals surface area contributed by atoms with Gasteiger partial charge >= 0.3 is 0 Å². The molecular formula is C21H28N2O2. The van der Waals surface area contributed by atoms with Gasteiger partial charge in [-0.3, -0.25) is 9.59 Å². The number of hydrogen-bond acceptors (Lipinski definition) is 2. The Balaban J connectivity index is 1.45. The number of benzene rings is 1. The van der Waals surface area contributed by atoms with Gasteiger partial charge in [-0.25, -0.2) is 0 Å². The maximum Gasteiger partial charge on any atom is 0.230 e. The smallest absolute Gasteiger partial charge is 0.230 e. The van der Waals surface area contributed by atoms with E-state index in [0.717, 1.165) is 57.3 Å². The van der Waals surface area contributed by atoms with E-state index in [2.05, 4.69) is 17.9 Å². The maximum absolute atomic E-state index is 13.0. The largest absolute Gasteiger partial charge is 0.339 e. The van der Waals surface area contributed by atoms with Gasteiger partial charge in [-0.2, -0.15) is 0 Å². The fourth-order valence-electron chi connectivity index (χ4n) is 4.63. The second kappa shape index (κ2) is 6.81. The number of rotatable bonds is 3. The molecule has 0 aromatic heterocycles. The molecule has 3 aliphatic rings. The quantitative estimate of drug-likeness (QED) is 0.846. The van der Waals surface area contributed by atoms with Gasteiger partial charge < -0.3 is 9.80 Å². The summed E-state index contributed by atoms with van der Waals surface area (Å²) in [7, 11) is 0. The third kappa shape index (κ3) is 3.07. The summed E-state index contributed by atoms with van der Waals surface area (Å²) in [4.78, 5) is 30.0. The van der Waals surface area contributed by atoms with Crippen molar-refractivity contribution in [3.8, 4) is 0 Å². The average Bonchev–Trinajstić information content (AvgIpc) is 3.47. The number of carbonyl (C=O) groups is 2. The van der Waals surface area contributed by atoms with Crippen LogP contribution in [0.25, 0.3) is 0 Å². The van der Waals surface area contributed by atoms with Crippen LogP contribution in [0.2, 0.25) is 0 Å². The lowest BCUT2D eigenvalue weighted by Crippen LogP contribution is -2.45. The van der Waals surface area contributed by atoms with Crippen LogP contribution < -0.4 is 4.90 Å². The highest BCUT2D eigenvalue weighted by molar-refractivity contribution is 6.01. The van der Waals surface area contributed by atoms with E-state index in [1.807, 2.05) is 23.1 Å². The number of aryl methyl sites for hydroxylation is 1. The van der Waals surface area contributed by atoms with Crippen molar-refractivity contribution in [3.63, 3.8) is 0 Å². The Morgan fingerprint density at radius 1 is 1.04 bits per heavy atom. The minimum absolute atomic E-state index is 0.0752. The van der Waals surface area contributed by atoms with Gasteiger partial charge in [-0.15, -0.1) is 0 Å². The summed E-state index contributed by atoms with van der Waals surface area (Å²) < 4.78 is 0. The molecule has 1 saturated heterocycles. The van der Waals surface area contributed by atoms with Gasteiger partial charge in [0.15, 0.2) is 0 Å². The molecule has 0 spiro atoms. The van der Waals surface area contributed by atoms with Gasteiger partial charge in [0.25, 0.3) is 0 Å². The molecule has 2 fully saturated rings. The van der Waals surface area contributed by atoms with E-state index in [1.165, 1.54) is 12.0 Å². The van der Waals surface area contributed by atoms with Crippen LogP contribution >= 0.6 is 0 Å². The van der Waals surface area contributed by atoms with E-state index >= 15 is 0 Å². The lowest BCUT2D eigenvalue weighted by Gasteiger charge is -2.35. The second-order valence-corrected chi connectivity index (χ2v) is 7.76. The molecule has 1 aromatic rings. The number of hydrogen-bond donors (Lipinski definition) is 0. The highest BCUT2D eigenvalue weighted by atomic mass is 16.2. The molecule has 0 radical (unpaired) electrons. The van der Waals surface area contributed by atoms with E-state index in [0.29, 0.717) is 6.04 Å². The van der Waals surface area contributed by atoms with Crippen LogP contribution in [0.1, 0.15) is 51.0 Å². The number of carbonyl (C=O) groups excluding carboxylic acids is 2. The van der Waals surface area contributed by atoms with Gasteiger partial charge in [0.1, 0.15) is 0 Å². The molecule has 4 rings (SSSR count). The fourth-order valence-corrected chi connectivity index (χ4v) is 4.63. The molecule has 2 aliphatic heterocycles. The predicted molar refractivity (Wildman–Crippen MR) is 98.4 cm³/mol. The lowest BCUT2D eigenvalue weighted by atomic mass is 9.99. The lowest BCUT2D eigenvalue weighted by molar-refractivity contribution is -0.137. The Morgan fingerprint density at radius 2 is 1.84 bits per heavy atom. The van der Waals surface area contributed by atoms with E-state index in [9.17, 15) is 9.59 Å². The molecule has 3 atom stereocenters. The number of para-hydroxylation sites is 1. The zero-order valence-corrected chi connectivity index (χ0v) is 15.1. The molecule has 4 heteroatoms. The number of nitrogens with zero attached hydrogens (tertiary/aromatic N) is 2. The van der Waals surface area contributed by atoms with Crippen LogP contribution in [0.5, 0.6) is 0 Å². The van der Waals surface area contributed by atoms with Crippen molar-refractivity contribution < 1.29 is 9.59 Å². The Hall–Kier alpha value is -1.84. The van der Waals surface area contributed by atoms with Gasteiger partial charge in [0.05, 0.1) is 11.8 Å².